The highest BCUT2D eigenvalue weighted by Crippen LogP contribution is 2.23. The van der Waals surface area contributed by atoms with E-state index in [1.165, 1.54) is 7.11 Å². The Bertz CT molecular complexity index is 348. The summed E-state index contributed by atoms with van der Waals surface area (Å²) in [6.07, 6.45) is 3.97. The Morgan fingerprint density at radius 1 is 1.47 bits per heavy atom. The summed E-state index contributed by atoms with van der Waals surface area (Å²) in [6, 6.07) is 0.179. The average molecular weight is 239 g/mol. The highest BCUT2D eigenvalue weighted by Gasteiger charge is 2.24. The summed E-state index contributed by atoms with van der Waals surface area (Å²) in [5, 5.41) is 0. The van der Waals surface area contributed by atoms with Crippen LogP contribution in [0.5, 0.6) is 0 Å². The van der Waals surface area contributed by atoms with Gasteiger partial charge in [0, 0.05) is 24.9 Å². The molecule has 1 rings (SSSR count). The molecule has 1 heterocycles. The van der Waals surface area contributed by atoms with E-state index >= 15 is 0 Å². The van der Waals surface area contributed by atoms with Crippen molar-refractivity contribution < 1.29 is 19.1 Å². The fourth-order valence-corrected chi connectivity index (χ4v) is 1.59. The minimum atomic E-state index is -0.576. The van der Waals surface area contributed by atoms with Gasteiger partial charge in [0.15, 0.2) is 0 Å². The Kier molecular flexibility index (Phi) is 4.75. The molecule has 94 valence electrons. The molecule has 1 unspecified atom stereocenters. The van der Waals surface area contributed by atoms with Gasteiger partial charge in [0.25, 0.3) is 0 Å². The summed E-state index contributed by atoms with van der Waals surface area (Å²) in [7, 11) is 3.18. The van der Waals surface area contributed by atoms with Gasteiger partial charge in [-0.25, -0.2) is 9.59 Å². The fraction of sp³-hybridized carbons (Fsp3) is 0.500. The molecule has 1 fully saturated rings. The Morgan fingerprint density at radius 3 is 2.65 bits per heavy atom. The number of methoxy groups -OCH3 is 1. The molecule has 0 saturated carbocycles. The van der Waals surface area contributed by atoms with Crippen molar-refractivity contribution in [1.82, 2.24) is 4.90 Å². The predicted molar refractivity (Wildman–Crippen MR) is 62.0 cm³/mol. The van der Waals surface area contributed by atoms with E-state index in [4.69, 9.17) is 4.74 Å². The topological polar surface area (TPSA) is 55.8 Å². The van der Waals surface area contributed by atoms with Crippen molar-refractivity contribution in [1.29, 1.82) is 0 Å². The van der Waals surface area contributed by atoms with Crippen LogP contribution in [0.3, 0.4) is 0 Å². The lowest BCUT2D eigenvalue weighted by Crippen LogP contribution is -2.29. The lowest BCUT2D eigenvalue weighted by molar-refractivity contribution is -0.140. The lowest BCUT2D eigenvalue weighted by atomic mass is 10.2. The monoisotopic (exact) mass is 239 g/mol. The summed E-state index contributed by atoms with van der Waals surface area (Å²) in [5.74, 6) is -1.12. The number of ether oxygens (including phenoxy) is 2. The number of allylic oxidation sites excluding steroid dienone is 1. The Labute approximate surface area is 101 Å². The van der Waals surface area contributed by atoms with Gasteiger partial charge in [0.1, 0.15) is 6.61 Å². The van der Waals surface area contributed by atoms with Crippen molar-refractivity contribution in [2.24, 2.45) is 0 Å². The quantitative estimate of drug-likeness (QED) is 0.538. The number of likely N-dealkylation sites (N-methyl/N-ethyl adjacent to an activating group) is 1. The van der Waals surface area contributed by atoms with Crippen molar-refractivity contribution in [2.75, 3.05) is 20.8 Å². The van der Waals surface area contributed by atoms with Crippen molar-refractivity contribution in [3.8, 4) is 0 Å². The van der Waals surface area contributed by atoms with Gasteiger partial charge in [0.2, 0.25) is 0 Å². The SMILES string of the molecule is C=C1CCC(COC(=O)/C=C/C(=O)OC)N1C. The van der Waals surface area contributed by atoms with Gasteiger partial charge in [-0.2, -0.15) is 0 Å². The largest absolute Gasteiger partial charge is 0.466 e. The first-order valence-electron chi connectivity index (χ1n) is 5.38. The molecule has 5 nitrogen and oxygen atoms in total. The molecule has 0 aromatic carbocycles. The van der Waals surface area contributed by atoms with Crippen LogP contribution < -0.4 is 0 Å². The van der Waals surface area contributed by atoms with E-state index in [1.54, 1.807) is 0 Å². The van der Waals surface area contributed by atoms with E-state index in [9.17, 15) is 9.59 Å². The second-order valence-corrected chi connectivity index (χ2v) is 3.86. The van der Waals surface area contributed by atoms with Gasteiger partial charge in [-0.3, -0.25) is 0 Å². The normalized spacial score (nSPS) is 19.8. The van der Waals surface area contributed by atoms with E-state index < -0.39 is 11.9 Å². The predicted octanol–water partition coefficient (Wildman–Crippen LogP) is 0.867. The van der Waals surface area contributed by atoms with E-state index in [2.05, 4.69) is 11.3 Å². The lowest BCUT2D eigenvalue weighted by Gasteiger charge is -2.21. The van der Waals surface area contributed by atoms with E-state index in [-0.39, 0.29) is 6.04 Å². The molecule has 1 aliphatic heterocycles. The maximum absolute atomic E-state index is 11.3. The summed E-state index contributed by atoms with van der Waals surface area (Å²) in [6.45, 7) is 4.20. The molecule has 0 aromatic rings. The van der Waals surface area contributed by atoms with Crippen LogP contribution in [-0.4, -0.2) is 43.6 Å². The molecule has 5 heteroatoms. The molecule has 0 aromatic heterocycles. The first-order chi connectivity index (χ1) is 8.04. The van der Waals surface area contributed by atoms with Crippen molar-refractivity contribution in [2.45, 2.75) is 18.9 Å². The molecular weight excluding hydrogens is 222 g/mol. The standard InChI is InChI=1S/C12H17NO4/c1-9-4-5-10(13(9)2)8-17-12(15)7-6-11(14)16-3/h6-7,10H,1,4-5,8H2,2-3H3/b7-6+. The van der Waals surface area contributed by atoms with Crippen LogP contribution in [0.2, 0.25) is 0 Å². The summed E-state index contributed by atoms with van der Waals surface area (Å²) in [5.41, 5.74) is 1.05. The molecule has 0 radical (unpaired) electrons. The number of carbonyl (C=O) groups excluding carboxylic acids is 2. The van der Waals surface area contributed by atoms with Crippen LogP contribution in [0.4, 0.5) is 0 Å². The van der Waals surface area contributed by atoms with Crippen molar-refractivity contribution in [3.05, 3.63) is 24.4 Å². The van der Waals surface area contributed by atoms with Gasteiger partial charge in [-0.15, -0.1) is 0 Å². The molecule has 0 aliphatic carbocycles. The minimum Gasteiger partial charge on any atom is -0.466 e. The molecule has 0 amide bonds. The van der Waals surface area contributed by atoms with Gasteiger partial charge in [-0.05, 0) is 12.8 Å². The first-order valence-corrected chi connectivity index (χ1v) is 5.38. The maximum atomic E-state index is 11.3. The van der Waals surface area contributed by atoms with Crippen LogP contribution >= 0.6 is 0 Å². The van der Waals surface area contributed by atoms with Crippen LogP contribution in [0.15, 0.2) is 24.4 Å². The number of carbonyl (C=O) groups is 2. The summed E-state index contributed by atoms with van der Waals surface area (Å²) >= 11 is 0. The van der Waals surface area contributed by atoms with Gasteiger partial charge in [-0.1, -0.05) is 6.58 Å². The van der Waals surface area contributed by atoms with E-state index in [1.807, 2.05) is 11.9 Å². The molecule has 1 aliphatic rings. The van der Waals surface area contributed by atoms with Crippen molar-refractivity contribution >= 4 is 11.9 Å². The number of rotatable bonds is 4. The Balaban J connectivity index is 2.31. The van der Waals surface area contributed by atoms with Crippen molar-refractivity contribution in [3.63, 3.8) is 0 Å². The Hall–Kier alpha value is -1.78. The van der Waals surface area contributed by atoms with Crippen LogP contribution in [0.1, 0.15) is 12.8 Å². The fourth-order valence-electron chi connectivity index (χ4n) is 1.59. The third-order valence-electron chi connectivity index (χ3n) is 2.79. The highest BCUT2D eigenvalue weighted by atomic mass is 16.5. The minimum absolute atomic E-state index is 0.179. The molecule has 1 saturated heterocycles. The van der Waals surface area contributed by atoms with Gasteiger partial charge in [0.05, 0.1) is 13.2 Å². The smallest absolute Gasteiger partial charge is 0.331 e. The third kappa shape index (κ3) is 3.94. The second-order valence-electron chi connectivity index (χ2n) is 3.86. The third-order valence-corrected chi connectivity index (χ3v) is 2.79. The second kappa shape index (κ2) is 6.08. The van der Waals surface area contributed by atoms with E-state index in [0.717, 1.165) is 30.7 Å². The molecule has 0 bridgehead atoms. The molecular formula is C12H17NO4. The number of likely N-dealkylation sites (tertiary alicyclic amines) is 1. The maximum Gasteiger partial charge on any atom is 0.331 e. The molecule has 0 N–H and O–H groups in total. The number of hydrogen-bond acceptors (Lipinski definition) is 5. The van der Waals surface area contributed by atoms with Crippen LogP contribution in [-0.2, 0) is 19.1 Å². The zero-order valence-corrected chi connectivity index (χ0v) is 10.1. The van der Waals surface area contributed by atoms with Crippen LogP contribution in [0, 0.1) is 0 Å². The highest BCUT2D eigenvalue weighted by molar-refractivity contribution is 5.91. The van der Waals surface area contributed by atoms with Gasteiger partial charge >= 0.3 is 11.9 Å². The molecule has 0 spiro atoms. The number of nitrogens with zero attached hydrogens (tertiary/aromatic N) is 1. The summed E-state index contributed by atoms with van der Waals surface area (Å²) < 4.78 is 9.38. The van der Waals surface area contributed by atoms with Crippen LogP contribution in [0.25, 0.3) is 0 Å². The average Bonchev–Trinajstić information content (AvgIpc) is 2.64. The zero-order valence-electron chi connectivity index (χ0n) is 10.1. The molecule has 1 atom stereocenters. The first kappa shape index (κ1) is 13.3. The summed E-state index contributed by atoms with van der Waals surface area (Å²) in [4.78, 5) is 24.0. The molecule has 17 heavy (non-hydrogen) atoms. The van der Waals surface area contributed by atoms with Gasteiger partial charge < -0.3 is 14.4 Å². The number of esters is 2. The zero-order chi connectivity index (χ0) is 12.8. The number of hydrogen-bond donors (Lipinski definition) is 0. The van der Waals surface area contributed by atoms with E-state index in [0.29, 0.717) is 6.61 Å². The Morgan fingerprint density at radius 2 is 2.12 bits per heavy atom.